The standard InChI is InChI=1S/C11H15ClN4O2/c1-18-11(17)14-8-2-3-16(6-8)10-5-7(13)4-9(12)15-10/h4-5,8H,2-3,6H2,1H3,(H2,13,15)(H,14,17). The van der Waals surface area contributed by atoms with E-state index in [4.69, 9.17) is 17.3 Å². The van der Waals surface area contributed by atoms with E-state index in [0.29, 0.717) is 17.4 Å². The Bertz CT molecular complexity index is 434. The Kier molecular flexibility index (Phi) is 3.76. The van der Waals surface area contributed by atoms with Gasteiger partial charge >= 0.3 is 6.09 Å². The lowest BCUT2D eigenvalue weighted by atomic mass is 10.3. The molecule has 2 rings (SSSR count). The van der Waals surface area contributed by atoms with Crippen molar-refractivity contribution in [2.24, 2.45) is 0 Å². The average Bonchev–Trinajstić information content (AvgIpc) is 2.76. The Labute approximate surface area is 110 Å². The van der Waals surface area contributed by atoms with Crippen molar-refractivity contribution in [3.63, 3.8) is 0 Å². The molecule has 1 saturated heterocycles. The molecule has 0 aromatic carbocycles. The Hall–Kier alpha value is -1.69. The van der Waals surface area contributed by atoms with Crippen LogP contribution in [0.4, 0.5) is 16.3 Å². The number of ether oxygens (including phenoxy) is 1. The third kappa shape index (κ3) is 2.95. The molecule has 0 spiro atoms. The molecular formula is C11H15ClN4O2. The van der Waals surface area contributed by atoms with Crippen LogP contribution in [0.15, 0.2) is 12.1 Å². The van der Waals surface area contributed by atoms with Crippen molar-refractivity contribution in [3.8, 4) is 0 Å². The van der Waals surface area contributed by atoms with Crippen molar-refractivity contribution in [1.82, 2.24) is 10.3 Å². The van der Waals surface area contributed by atoms with Gasteiger partial charge in [-0.25, -0.2) is 9.78 Å². The molecule has 1 aromatic rings. The van der Waals surface area contributed by atoms with E-state index < -0.39 is 6.09 Å². The zero-order chi connectivity index (χ0) is 13.1. The minimum absolute atomic E-state index is 0.0551. The Balaban J connectivity index is 2.01. The lowest BCUT2D eigenvalue weighted by molar-refractivity contribution is 0.167. The van der Waals surface area contributed by atoms with E-state index in [0.717, 1.165) is 18.8 Å². The van der Waals surface area contributed by atoms with E-state index in [1.165, 1.54) is 7.11 Å². The molecule has 98 valence electrons. The Morgan fingerprint density at radius 3 is 3.11 bits per heavy atom. The maximum atomic E-state index is 11.1. The highest BCUT2D eigenvalue weighted by molar-refractivity contribution is 6.29. The van der Waals surface area contributed by atoms with E-state index in [9.17, 15) is 4.79 Å². The summed E-state index contributed by atoms with van der Waals surface area (Å²) in [6, 6.07) is 3.43. The van der Waals surface area contributed by atoms with Gasteiger partial charge in [-0.1, -0.05) is 11.6 Å². The molecule has 6 nitrogen and oxygen atoms in total. The van der Waals surface area contributed by atoms with Crippen molar-refractivity contribution in [2.45, 2.75) is 12.5 Å². The molecule has 1 aromatic heterocycles. The van der Waals surface area contributed by atoms with Crippen LogP contribution in [0.5, 0.6) is 0 Å². The van der Waals surface area contributed by atoms with Gasteiger partial charge in [-0.05, 0) is 12.5 Å². The van der Waals surface area contributed by atoms with Crippen molar-refractivity contribution in [1.29, 1.82) is 0 Å². The molecule has 2 heterocycles. The summed E-state index contributed by atoms with van der Waals surface area (Å²) in [5.41, 5.74) is 6.30. The summed E-state index contributed by atoms with van der Waals surface area (Å²) in [7, 11) is 1.35. The number of aromatic nitrogens is 1. The number of hydrogen-bond acceptors (Lipinski definition) is 5. The summed E-state index contributed by atoms with van der Waals surface area (Å²) in [5.74, 6) is 0.731. The predicted octanol–water partition coefficient (Wildman–Crippen LogP) is 1.25. The van der Waals surface area contributed by atoms with Crippen LogP contribution in [0.1, 0.15) is 6.42 Å². The van der Waals surface area contributed by atoms with Gasteiger partial charge in [-0.15, -0.1) is 0 Å². The van der Waals surface area contributed by atoms with Crippen LogP contribution >= 0.6 is 11.6 Å². The maximum absolute atomic E-state index is 11.1. The third-order valence-electron chi connectivity index (χ3n) is 2.82. The fraction of sp³-hybridized carbons (Fsp3) is 0.455. The third-order valence-corrected chi connectivity index (χ3v) is 3.02. The zero-order valence-electron chi connectivity index (χ0n) is 10.0. The first-order valence-electron chi connectivity index (χ1n) is 5.61. The van der Waals surface area contributed by atoms with Crippen molar-refractivity contribution < 1.29 is 9.53 Å². The molecule has 1 atom stereocenters. The first-order valence-corrected chi connectivity index (χ1v) is 5.99. The molecule has 1 aliphatic heterocycles. The van der Waals surface area contributed by atoms with Gasteiger partial charge in [0.2, 0.25) is 0 Å². The topological polar surface area (TPSA) is 80.5 Å². The molecule has 1 fully saturated rings. The minimum atomic E-state index is -0.416. The van der Waals surface area contributed by atoms with Crippen LogP contribution in [0.2, 0.25) is 5.15 Å². The van der Waals surface area contributed by atoms with Crippen LogP contribution in [0, 0.1) is 0 Å². The summed E-state index contributed by atoms with van der Waals surface area (Å²) >= 11 is 5.86. The number of nitrogen functional groups attached to an aromatic ring is 1. The largest absolute Gasteiger partial charge is 0.453 e. The van der Waals surface area contributed by atoms with Crippen molar-refractivity contribution >= 4 is 29.2 Å². The lowest BCUT2D eigenvalue weighted by Crippen LogP contribution is -2.37. The number of alkyl carbamates (subject to hydrolysis) is 1. The van der Waals surface area contributed by atoms with Crippen molar-refractivity contribution in [3.05, 3.63) is 17.3 Å². The second-order valence-corrected chi connectivity index (χ2v) is 4.54. The molecule has 1 amide bonds. The molecule has 18 heavy (non-hydrogen) atoms. The summed E-state index contributed by atoms with van der Waals surface area (Å²) in [6.07, 6.45) is 0.420. The molecule has 1 unspecified atom stereocenters. The first kappa shape index (κ1) is 12.8. The monoisotopic (exact) mass is 270 g/mol. The number of nitrogens with one attached hydrogen (secondary N) is 1. The number of nitrogens with zero attached hydrogens (tertiary/aromatic N) is 2. The molecule has 0 aliphatic carbocycles. The second kappa shape index (κ2) is 5.30. The SMILES string of the molecule is COC(=O)NC1CCN(c2cc(N)cc(Cl)n2)C1. The molecule has 0 bridgehead atoms. The van der Waals surface area contributed by atoms with Crippen LogP contribution in [0.3, 0.4) is 0 Å². The van der Waals surface area contributed by atoms with E-state index >= 15 is 0 Å². The van der Waals surface area contributed by atoms with Gasteiger partial charge in [0.1, 0.15) is 11.0 Å². The molecule has 0 radical (unpaired) electrons. The number of carbonyl (C=O) groups excluding carboxylic acids is 1. The van der Waals surface area contributed by atoms with Gasteiger partial charge in [0, 0.05) is 24.8 Å². The maximum Gasteiger partial charge on any atom is 0.407 e. The summed E-state index contributed by atoms with van der Waals surface area (Å²) in [5, 5.41) is 3.13. The fourth-order valence-corrected chi connectivity index (χ4v) is 2.19. The zero-order valence-corrected chi connectivity index (χ0v) is 10.8. The Morgan fingerprint density at radius 2 is 2.44 bits per heavy atom. The summed E-state index contributed by atoms with van der Waals surface area (Å²) < 4.78 is 4.57. The van der Waals surface area contributed by atoms with Gasteiger partial charge in [0.15, 0.2) is 0 Å². The highest BCUT2D eigenvalue weighted by atomic mass is 35.5. The highest BCUT2D eigenvalue weighted by Gasteiger charge is 2.25. The number of halogens is 1. The van der Waals surface area contributed by atoms with E-state index in [1.807, 2.05) is 4.90 Å². The van der Waals surface area contributed by atoms with Gasteiger partial charge in [0.05, 0.1) is 13.2 Å². The van der Waals surface area contributed by atoms with Crippen LogP contribution in [0.25, 0.3) is 0 Å². The van der Waals surface area contributed by atoms with Gasteiger partial charge in [-0.2, -0.15) is 0 Å². The Morgan fingerprint density at radius 1 is 1.67 bits per heavy atom. The number of methoxy groups -OCH3 is 1. The molecule has 1 aliphatic rings. The smallest absolute Gasteiger partial charge is 0.407 e. The van der Waals surface area contributed by atoms with E-state index in [1.54, 1.807) is 12.1 Å². The summed E-state index contributed by atoms with van der Waals surface area (Å²) in [6.45, 7) is 1.46. The number of pyridine rings is 1. The number of rotatable bonds is 2. The minimum Gasteiger partial charge on any atom is -0.453 e. The van der Waals surface area contributed by atoms with Crippen LogP contribution < -0.4 is 16.0 Å². The number of nitrogens with two attached hydrogens (primary N) is 1. The van der Waals surface area contributed by atoms with Gasteiger partial charge in [-0.3, -0.25) is 0 Å². The number of amides is 1. The van der Waals surface area contributed by atoms with E-state index in [-0.39, 0.29) is 6.04 Å². The quantitative estimate of drug-likeness (QED) is 0.791. The number of anilines is 2. The molecule has 0 saturated carbocycles. The predicted molar refractivity (Wildman–Crippen MR) is 69.8 cm³/mol. The lowest BCUT2D eigenvalue weighted by Gasteiger charge is -2.18. The normalized spacial score (nSPS) is 18.8. The van der Waals surface area contributed by atoms with Gasteiger partial charge < -0.3 is 20.7 Å². The molecule has 7 heteroatoms. The second-order valence-electron chi connectivity index (χ2n) is 4.15. The molecular weight excluding hydrogens is 256 g/mol. The highest BCUT2D eigenvalue weighted by Crippen LogP contribution is 2.23. The fourth-order valence-electron chi connectivity index (χ4n) is 1.98. The molecule has 3 N–H and O–H groups in total. The number of hydrogen-bond donors (Lipinski definition) is 2. The van der Waals surface area contributed by atoms with Crippen LogP contribution in [-0.2, 0) is 4.74 Å². The van der Waals surface area contributed by atoms with E-state index in [2.05, 4.69) is 15.0 Å². The first-order chi connectivity index (χ1) is 8.58. The van der Waals surface area contributed by atoms with Gasteiger partial charge in [0.25, 0.3) is 0 Å². The van der Waals surface area contributed by atoms with Crippen molar-refractivity contribution in [2.75, 3.05) is 30.8 Å². The summed E-state index contributed by atoms with van der Waals surface area (Å²) in [4.78, 5) is 17.4. The number of carbonyl (C=O) groups is 1. The van der Waals surface area contributed by atoms with Crippen LogP contribution in [-0.4, -0.2) is 37.3 Å². The average molecular weight is 271 g/mol.